The van der Waals surface area contributed by atoms with E-state index in [1.54, 1.807) is 0 Å². The summed E-state index contributed by atoms with van der Waals surface area (Å²) in [4.78, 5) is 10.6. The van der Waals surface area contributed by atoms with E-state index in [0.717, 1.165) is 0 Å². The Morgan fingerprint density at radius 3 is 2.82 bits per heavy atom. The molecule has 0 aliphatic carbocycles. The van der Waals surface area contributed by atoms with Crippen LogP contribution in [0.3, 0.4) is 0 Å². The number of halogens is 1. The zero-order valence-corrected chi connectivity index (χ0v) is 7.21. The summed E-state index contributed by atoms with van der Waals surface area (Å²) in [6, 6.07) is 0. The Morgan fingerprint density at radius 1 is 1.91 bits per heavy atom. The second-order valence-electron chi connectivity index (χ2n) is 1.96. The molecule has 1 N–H and O–H groups in total. The van der Waals surface area contributed by atoms with Crippen LogP contribution in [-0.2, 0) is 6.98 Å². The van der Waals surface area contributed by atoms with Crippen molar-refractivity contribution in [3.63, 3.8) is 0 Å². The van der Waals surface area contributed by atoms with Crippen molar-refractivity contribution in [2.24, 2.45) is 6.98 Å². The van der Waals surface area contributed by atoms with Crippen molar-refractivity contribution in [2.45, 2.75) is 6.92 Å². The maximum Gasteiger partial charge on any atom is 0.357 e. The van der Waals surface area contributed by atoms with Crippen LogP contribution in [-0.4, -0.2) is 20.9 Å². The monoisotopic (exact) mass is 221 g/mol. The second-order valence-corrected chi connectivity index (χ2v) is 2.76. The van der Waals surface area contributed by atoms with Gasteiger partial charge in [0.05, 0.1) is 10.2 Å². The minimum absolute atomic E-state index is 0.195. The molecule has 11 heavy (non-hydrogen) atoms. The third kappa shape index (κ3) is 1.28. The molecule has 0 atom stereocenters. The largest absolute Gasteiger partial charge is 0.476 e. The maximum atomic E-state index is 10.6. The highest BCUT2D eigenvalue weighted by Crippen LogP contribution is 2.19. The minimum atomic E-state index is -2.46. The van der Waals surface area contributed by atoms with E-state index in [4.69, 9.17) is 9.22 Å². The average molecular weight is 222 g/mol. The smallest absolute Gasteiger partial charge is 0.357 e. The van der Waals surface area contributed by atoms with E-state index in [-0.39, 0.29) is 15.9 Å². The number of carboxylic acids is 1. The van der Waals surface area contributed by atoms with Gasteiger partial charge in [-0.15, -0.1) is 0 Å². The SMILES string of the molecule is [2H]C([2H])([2H])n1nc(C(=O)O)c(Br)c1C. The summed E-state index contributed by atoms with van der Waals surface area (Å²) in [6.07, 6.45) is 0. The van der Waals surface area contributed by atoms with Crippen molar-refractivity contribution in [3.8, 4) is 0 Å². The first-order chi connectivity index (χ1) is 6.25. The molecule has 1 aromatic rings. The lowest BCUT2D eigenvalue weighted by Gasteiger charge is -1.89. The van der Waals surface area contributed by atoms with Crippen molar-refractivity contribution in [2.75, 3.05) is 0 Å². The Kier molecular flexibility index (Phi) is 1.19. The summed E-state index contributed by atoms with van der Waals surface area (Å²) >= 11 is 2.98. The summed E-state index contributed by atoms with van der Waals surface area (Å²) in [7, 11) is 0. The zero-order valence-electron chi connectivity index (χ0n) is 8.63. The van der Waals surface area contributed by atoms with E-state index in [0.29, 0.717) is 4.68 Å². The van der Waals surface area contributed by atoms with Gasteiger partial charge in [0.2, 0.25) is 0 Å². The highest BCUT2D eigenvalue weighted by Gasteiger charge is 2.15. The quantitative estimate of drug-likeness (QED) is 0.776. The highest BCUT2D eigenvalue weighted by molar-refractivity contribution is 9.10. The molecule has 0 radical (unpaired) electrons. The molecule has 0 amide bonds. The Hall–Kier alpha value is -0.840. The van der Waals surface area contributed by atoms with Gasteiger partial charge in [0.25, 0.3) is 0 Å². The van der Waals surface area contributed by atoms with E-state index in [1.165, 1.54) is 6.92 Å². The number of aryl methyl sites for hydroxylation is 1. The first-order valence-corrected chi connectivity index (χ1v) is 3.53. The van der Waals surface area contributed by atoms with Gasteiger partial charge in [-0.05, 0) is 22.9 Å². The third-order valence-corrected chi connectivity index (χ3v) is 2.20. The Labute approximate surface area is 76.2 Å². The van der Waals surface area contributed by atoms with Gasteiger partial charge in [-0.2, -0.15) is 5.10 Å². The molecule has 0 fully saturated rings. The summed E-state index contributed by atoms with van der Waals surface area (Å²) in [6.45, 7) is -0.976. The fourth-order valence-electron chi connectivity index (χ4n) is 0.620. The van der Waals surface area contributed by atoms with Crippen LogP contribution in [0.25, 0.3) is 0 Å². The van der Waals surface area contributed by atoms with Gasteiger partial charge in [-0.3, -0.25) is 4.68 Å². The third-order valence-electron chi connectivity index (χ3n) is 1.25. The molecule has 1 heterocycles. The second kappa shape index (κ2) is 2.65. The van der Waals surface area contributed by atoms with E-state index in [1.807, 2.05) is 0 Å². The number of hydrogen-bond acceptors (Lipinski definition) is 2. The summed E-state index contributed by atoms with van der Waals surface area (Å²) < 4.78 is 22.2. The Balaban J connectivity index is 3.37. The van der Waals surface area contributed by atoms with Crippen LogP contribution in [0.2, 0.25) is 0 Å². The van der Waals surface area contributed by atoms with Gasteiger partial charge in [-0.1, -0.05) is 0 Å². The molecule has 0 aliphatic rings. The summed E-state index contributed by atoms with van der Waals surface area (Å²) in [5.41, 5.74) is -0.0268. The molecule has 60 valence electrons. The van der Waals surface area contributed by atoms with Gasteiger partial charge < -0.3 is 5.11 Å². The van der Waals surface area contributed by atoms with Crippen LogP contribution in [0, 0.1) is 6.92 Å². The topological polar surface area (TPSA) is 55.1 Å². The molecule has 0 bridgehead atoms. The zero-order chi connectivity index (χ0) is 11.1. The number of nitrogens with zero attached hydrogens (tertiary/aromatic N) is 2. The lowest BCUT2D eigenvalue weighted by atomic mass is 10.4. The van der Waals surface area contributed by atoms with E-state index < -0.39 is 12.9 Å². The maximum absolute atomic E-state index is 10.6. The number of rotatable bonds is 1. The molecular formula is C6H7BrN2O2. The molecule has 0 spiro atoms. The van der Waals surface area contributed by atoms with Crippen molar-refractivity contribution in [1.29, 1.82) is 0 Å². The Bertz CT molecular complexity index is 385. The number of carbonyl (C=O) groups is 1. The van der Waals surface area contributed by atoms with Crippen LogP contribution in [0.5, 0.6) is 0 Å². The standard InChI is InChI=1S/C6H7BrN2O2/c1-3-4(7)5(6(10)11)8-9(3)2/h1-2H3,(H,10,11)/i2D3. The molecule has 1 rings (SSSR count). The molecule has 0 saturated heterocycles. The number of aromatic carboxylic acids is 1. The van der Waals surface area contributed by atoms with Crippen LogP contribution in [0.15, 0.2) is 4.47 Å². The number of carboxylic acid groups (broad SMARTS) is 1. The normalized spacial score (nSPS) is 15.3. The van der Waals surface area contributed by atoms with Crippen LogP contribution >= 0.6 is 15.9 Å². The number of hydrogen-bond donors (Lipinski definition) is 1. The first kappa shape index (κ1) is 4.92. The molecule has 0 saturated carbocycles. The predicted molar refractivity (Wildman–Crippen MR) is 42.6 cm³/mol. The van der Waals surface area contributed by atoms with Gasteiger partial charge in [0.1, 0.15) is 0 Å². The fourth-order valence-corrected chi connectivity index (χ4v) is 1.04. The van der Waals surface area contributed by atoms with E-state index >= 15 is 0 Å². The van der Waals surface area contributed by atoms with Gasteiger partial charge in [0.15, 0.2) is 5.69 Å². The van der Waals surface area contributed by atoms with Crippen molar-refractivity contribution in [3.05, 3.63) is 15.9 Å². The Morgan fingerprint density at radius 2 is 2.55 bits per heavy atom. The van der Waals surface area contributed by atoms with Gasteiger partial charge in [0, 0.05) is 11.1 Å². The predicted octanol–water partition coefficient (Wildman–Crippen LogP) is 1.19. The van der Waals surface area contributed by atoms with Crippen LogP contribution in [0.4, 0.5) is 0 Å². The van der Waals surface area contributed by atoms with Crippen LogP contribution in [0.1, 0.15) is 20.3 Å². The number of aromatic nitrogens is 2. The van der Waals surface area contributed by atoms with Gasteiger partial charge >= 0.3 is 5.97 Å². The van der Waals surface area contributed by atoms with E-state index in [2.05, 4.69) is 21.0 Å². The fraction of sp³-hybridized carbons (Fsp3) is 0.333. The van der Waals surface area contributed by atoms with Crippen molar-refractivity contribution in [1.82, 2.24) is 9.78 Å². The summed E-state index contributed by atoms with van der Waals surface area (Å²) in [5.74, 6) is -1.26. The molecule has 4 nitrogen and oxygen atoms in total. The summed E-state index contributed by atoms with van der Waals surface area (Å²) in [5, 5.41) is 12.2. The lowest BCUT2D eigenvalue weighted by molar-refractivity contribution is 0.0688. The first-order valence-electron chi connectivity index (χ1n) is 4.24. The molecule has 5 heteroatoms. The van der Waals surface area contributed by atoms with Crippen molar-refractivity contribution < 1.29 is 14.0 Å². The van der Waals surface area contributed by atoms with Crippen LogP contribution < -0.4 is 0 Å². The highest BCUT2D eigenvalue weighted by atomic mass is 79.9. The molecule has 0 aliphatic heterocycles. The minimum Gasteiger partial charge on any atom is -0.476 e. The molecular weight excluding hydrogens is 212 g/mol. The average Bonchev–Trinajstić information content (AvgIpc) is 2.28. The van der Waals surface area contributed by atoms with E-state index in [9.17, 15) is 4.79 Å². The van der Waals surface area contributed by atoms with Crippen molar-refractivity contribution >= 4 is 21.9 Å². The molecule has 1 aromatic heterocycles. The lowest BCUT2D eigenvalue weighted by Crippen LogP contribution is -1.99. The van der Waals surface area contributed by atoms with Gasteiger partial charge in [-0.25, -0.2) is 4.79 Å². The molecule has 0 unspecified atom stereocenters. The molecule has 0 aromatic carbocycles.